The third-order valence-corrected chi connectivity index (χ3v) is 4.59. The van der Waals surface area contributed by atoms with Crippen LogP contribution in [-0.4, -0.2) is 27.6 Å². The van der Waals surface area contributed by atoms with Crippen LogP contribution in [0.25, 0.3) is 5.69 Å². The summed E-state index contributed by atoms with van der Waals surface area (Å²) < 4.78 is 8.04. The van der Waals surface area contributed by atoms with Crippen LogP contribution in [0, 0.1) is 0 Å². The Morgan fingerprint density at radius 3 is 2.74 bits per heavy atom. The first kappa shape index (κ1) is 20.2. The molecule has 7 nitrogen and oxygen atoms in total. The number of hydrogen-bond acceptors (Lipinski definition) is 5. The van der Waals surface area contributed by atoms with E-state index >= 15 is 0 Å². The van der Waals surface area contributed by atoms with E-state index in [0.717, 1.165) is 16.1 Å². The first-order chi connectivity index (χ1) is 13.0. The van der Waals surface area contributed by atoms with Gasteiger partial charge in [-0.25, -0.2) is 8.75 Å². The normalized spacial score (nSPS) is 11.1. The second-order valence-electron chi connectivity index (χ2n) is 5.51. The van der Waals surface area contributed by atoms with Gasteiger partial charge in [0.25, 0.3) is 5.91 Å². The van der Waals surface area contributed by atoms with Crippen LogP contribution in [0.1, 0.15) is 6.42 Å². The molecule has 1 heterocycles. The van der Waals surface area contributed by atoms with E-state index in [1.165, 1.54) is 23.2 Å². The quantitative estimate of drug-likeness (QED) is 0.404. The minimum atomic E-state index is -0.393. The van der Waals surface area contributed by atoms with Crippen molar-refractivity contribution in [3.63, 3.8) is 0 Å². The van der Waals surface area contributed by atoms with Gasteiger partial charge in [-0.2, -0.15) is 0 Å². The Morgan fingerprint density at radius 2 is 2.11 bits per heavy atom. The summed E-state index contributed by atoms with van der Waals surface area (Å²) in [4.78, 5) is 35.2. The standard InChI is InChI=1S/C19H21N3O4S/c1-4-8-14(5-2)17(23)20-11-7-12-26-16-10-6-9-15(13-16)22-18(24)21(3)19(25)27-22/h4-6,8-10,13H,1-2,7,11-12H2,3H3,(H,20,23)/b14-8+. The molecule has 0 atom stereocenters. The fourth-order valence-corrected chi connectivity index (χ4v) is 2.96. The molecule has 8 heteroatoms. The molecule has 0 unspecified atom stereocenters. The summed E-state index contributed by atoms with van der Waals surface area (Å²) in [5, 5.41) is 2.77. The highest BCUT2D eigenvalue weighted by Crippen LogP contribution is 2.16. The van der Waals surface area contributed by atoms with Gasteiger partial charge >= 0.3 is 10.6 Å². The zero-order valence-electron chi connectivity index (χ0n) is 15.0. The van der Waals surface area contributed by atoms with E-state index < -0.39 is 5.69 Å². The number of rotatable bonds is 9. The van der Waals surface area contributed by atoms with Gasteiger partial charge in [0.1, 0.15) is 5.75 Å². The van der Waals surface area contributed by atoms with Crippen molar-refractivity contribution in [2.24, 2.45) is 7.05 Å². The molecule has 0 saturated heterocycles. The van der Waals surface area contributed by atoms with Crippen molar-refractivity contribution in [1.82, 2.24) is 13.8 Å². The lowest BCUT2D eigenvalue weighted by Crippen LogP contribution is -2.26. The van der Waals surface area contributed by atoms with Crippen LogP contribution in [0.4, 0.5) is 0 Å². The number of aromatic nitrogens is 2. The summed E-state index contributed by atoms with van der Waals surface area (Å²) in [5.41, 5.74) is 0.625. The van der Waals surface area contributed by atoms with Gasteiger partial charge in [-0.05, 0) is 18.6 Å². The lowest BCUT2D eigenvalue weighted by atomic mass is 10.2. The van der Waals surface area contributed by atoms with Crippen molar-refractivity contribution in [1.29, 1.82) is 0 Å². The molecule has 1 amide bonds. The Kier molecular flexibility index (Phi) is 7.13. The molecular weight excluding hydrogens is 366 g/mol. The Balaban J connectivity index is 1.90. The Labute approximate surface area is 160 Å². The number of nitrogens with one attached hydrogen (secondary N) is 1. The summed E-state index contributed by atoms with van der Waals surface area (Å²) in [6, 6.07) is 6.94. The topological polar surface area (TPSA) is 82.3 Å². The molecule has 0 aliphatic heterocycles. The molecule has 0 aliphatic carbocycles. The molecule has 1 aromatic carbocycles. The smallest absolute Gasteiger partial charge is 0.345 e. The highest BCUT2D eigenvalue weighted by Gasteiger charge is 2.09. The number of allylic oxidation sites excluding steroid dienone is 2. The maximum atomic E-state index is 12.0. The molecule has 2 aromatic rings. The zero-order valence-corrected chi connectivity index (χ0v) is 15.8. The lowest BCUT2D eigenvalue weighted by molar-refractivity contribution is -0.117. The van der Waals surface area contributed by atoms with Crippen LogP contribution in [0.5, 0.6) is 5.75 Å². The van der Waals surface area contributed by atoms with Crippen molar-refractivity contribution < 1.29 is 9.53 Å². The van der Waals surface area contributed by atoms with Crippen LogP contribution in [0.3, 0.4) is 0 Å². The number of hydrogen-bond donors (Lipinski definition) is 1. The summed E-state index contributed by atoms with van der Waals surface area (Å²) in [5.74, 6) is 0.359. The van der Waals surface area contributed by atoms with Crippen LogP contribution in [0.15, 0.2) is 70.8 Å². The number of nitrogens with zero attached hydrogens (tertiary/aromatic N) is 2. The van der Waals surface area contributed by atoms with E-state index in [0.29, 0.717) is 36.6 Å². The van der Waals surface area contributed by atoms with Gasteiger partial charge in [0.15, 0.2) is 0 Å². The highest BCUT2D eigenvalue weighted by molar-refractivity contribution is 7.03. The molecule has 27 heavy (non-hydrogen) atoms. The van der Waals surface area contributed by atoms with Gasteiger partial charge < -0.3 is 10.1 Å². The first-order valence-electron chi connectivity index (χ1n) is 8.24. The van der Waals surface area contributed by atoms with Crippen LogP contribution < -0.4 is 20.6 Å². The van der Waals surface area contributed by atoms with Gasteiger partial charge in [0.2, 0.25) is 0 Å². The second kappa shape index (κ2) is 9.54. The van der Waals surface area contributed by atoms with E-state index in [4.69, 9.17) is 4.74 Å². The largest absolute Gasteiger partial charge is 0.493 e. The predicted octanol–water partition coefficient (Wildman–Crippen LogP) is 1.78. The number of amides is 1. The Bertz CT molecular complexity index is 981. The van der Waals surface area contributed by atoms with Crippen LogP contribution in [0.2, 0.25) is 0 Å². The number of carbonyl (C=O) groups is 1. The first-order valence-corrected chi connectivity index (χ1v) is 9.01. The van der Waals surface area contributed by atoms with Gasteiger partial charge in [0, 0.05) is 36.8 Å². The van der Waals surface area contributed by atoms with Gasteiger partial charge in [0.05, 0.1) is 12.3 Å². The molecular formula is C19H21N3O4S. The SMILES string of the molecule is C=C/C=C(\C=C)C(=O)NCCCOc1cccc(-n2sc(=O)n(C)c2=O)c1. The zero-order chi connectivity index (χ0) is 19.8. The monoisotopic (exact) mass is 387 g/mol. The van der Waals surface area contributed by atoms with Gasteiger partial charge in [-0.1, -0.05) is 37.5 Å². The summed E-state index contributed by atoms with van der Waals surface area (Å²) >= 11 is 0.835. The number of carbonyl (C=O) groups excluding carboxylic acids is 1. The fraction of sp³-hybridized carbons (Fsp3) is 0.211. The van der Waals surface area contributed by atoms with E-state index in [1.807, 2.05) is 0 Å². The van der Waals surface area contributed by atoms with E-state index in [9.17, 15) is 14.4 Å². The van der Waals surface area contributed by atoms with Crippen LogP contribution in [-0.2, 0) is 11.8 Å². The molecule has 0 spiro atoms. The molecule has 0 aliphatic rings. The molecule has 2 rings (SSSR count). The molecule has 0 bridgehead atoms. The average molecular weight is 387 g/mol. The van der Waals surface area contributed by atoms with Crippen LogP contribution >= 0.6 is 11.5 Å². The molecule has 142 valence electrons. The second-order valence-corrected chi connectivity index (χ2v) is 6.41. The Morgan fingerprint density at radius 1 is 1.33 bits per heavy atom. The minimum Gasteiger partial charge on any atom is -0.493 e. The fourth-order valence-electron chi connectivity index (χ4n) is 2.19. The maximum Gasteiger partial charge on any atom is 0.345 e. The van der Waals surface area contributed by atoms with Crippen molar-refractivity contribution in [3.05, 3.63) is 81.4 Å². The predicted molar refractivity (Wildman–Crippen MR) is 107 cm³/mol. The highest BCUT2D eigenvalue weighted by atomic mass is 32.1. The van der Waals surface area contributed by atoms with Crippen molar-refractivity contribution in [3.8, 4) is 11.4 Å². The summed E-state index contributed by atoms with van der Waals surface area (Å²) in [6.45, 7) is 7.97. The Hall–Kier alpha value is -3.13. The van der Waals surface area contributed by atoms with Gasteiger partial charge in [-0.15, -0.1) is 0 Å². The van der Waals surface area contributed by atoms with Crippen molar-refractivity contribution in [2.45, 2.75) is 6.42 Å². The molecule has 1 aromatic heterocycles. The summed E-state index contributed by atoms with van der Waals surface area (Å²) in [7, 11) is 1.44. The van der Waals surface area contributed by atoms with Crippen molar-refractivity contribution >= 4 is 17.4 Å². The molecule has 0 saturated carbocycles. The molecule has 0 radical (unpaired) electrons. The van der Waals surface area contributed by atoms with Gasteiger partial charge in [-0.3, -0.25) is 14.2 Å². The van der Waals surface area contributed by atoms with E-state index in [2.05, 4.69) is 18.5 Å². The molecule has 0 fully saturated rings. The average Bonchev–Trinajstić information content (AvgIpc) is 2.93. The minimum absolute atomic E-state index is 0.217. The number of ether oxygens (including phenoxy) is 1. The number of benzene rings is 1. The third kappa shape index (κ3) is 5.18. The third-order valence-electron chi connectivity index (χ3n) is 3.61. The maximum absolute atomic E-state index is 12.0. The summed E-state index contributed by atoms with van der Waals surface area (Å²) in [6.07, 6.45) is 5.19. The lowest BCUT2D eigenvalue weighted by Gasteiger charge is -2.09. The van der Waals surface area contributed by atoms with Crippen molar-refractivity contribution in [2.75, 3.05) is 13.2 Å². The van der Waals surface area contributed by atoms with E-state index in [-0.39, 0.29) is 10.8 Å². The van der Waals surface area contributed by atoms with E-state index in [1.54, 1.807) is 30.3 Å². The molecule has 1 N–H and O–H groups in total.